The fourth-order valence-corrected chi connectivity index (χ4v) is 3.07. The van der Waals surface area contributed by atoms with E-state index in [-0.39, 0.29) is 23.6 Å². The standard InChI is InChI=1S/C22H24ClN3O4/c1-14-4-3-5-16(10-14)12-25-15(2)17-6-7-18(19(23)11-17)21(28)26-20(22(29)30)8-9-24-13-27/h3-7,10-11,13,20,25H,2,8-9,12H2,1H3,(H,24,27)(H,26,28)(H,29,30)/t20-/m0/s1. The third-order valence-corrected chi connectivity index (χ3v) is 4.73. The van der Waals surface area contributed by atoms with Gasteiger partial charge >= 0.3 is 5.97 Å². The number of carbonyl (C=O) groups is 3. The summed E-state index contributed by atoms with van der Waals surface area (Å²) in [4.78, 5) is 34.1. The Labute approximate surface area is 180 Å². The molecule has 4 N–H and O–H groups in total. The second-order valence-corrected chi connectivity index (χ2v) is 7.15. The summed E-state index contributed by atoms with van der Waals surface area (Å²) in [6.07, 6.45) is 0.519. The van der Waals surface area contributed by atoms with Gasteiger partial charge in [0.05, 0.1) is 10.6 Å². The fourth-order valence-electron chi connectivity index (χ4n) is 2.80. The molecule has 0 saturated carbocycles. The summed E-state index contributed by atoms with van der Waals surface area (Å²) in [5.74, 6) is -1.80. The van der Waals surface area contributed by atoms with Crippen LogP contribution in [0, 0.1) is 6.92 Å². The van der Waals surface area contributed by atoms with E-state index in [1.54, 1.807) is 12.1 Å². The molecule has 7 nitrogen and oxygen atoms in total. The first-order chi connectivity index (χ1) is 14.3. The van der Waals surface area contributed by atoms with Gasteiger partial charge in [-0.2, -0.15) is 0 Å². The van der Waals surface area contributed by atoms with Crippen LogP contribution in [0.4, 0.5) is 0 Å². The van der Waals surface area contributed by atoms with Crippen LogP contribution in [-0.2, 0) is 16.1 Å². The maximum Gasteiger partial charge on any atom is 0.326 e. The smallest absolute Gasteiger partial charge is 0.326 e. The lowest BCUT2D eigenvalue weighted by molar-refractivity contribution is -0.139. The Balaban J connectivity index is 2.02. The largest absolute Gasteiger partial charge is 0.480 e. The molecule has 0 aliphatic carbocycles. The third kappa shape index (κ3) is 6.63. The Morgan fingerprint density at radius 1 is 1.23 bits per heavy atom. The first-order valence-electron chi connectivity index (χ1n) is 9.30. The quantitative estimate of drug-likeness (QED) is 0.324. The van der Waals surface area contributed by atoms with Crippen molar-refractivity contribution in [2.45, 2.75) is 25.9 Å². The summed E-state index contributed by atoms with van der Waals surface area (Å²) < 4.78 is 0. The zero-order chi connectivity index (χ0) is 22.1. The van der Waals surface area contributed by atoms with Crippen LogP contribution in [0.15, 0.2) is 49.0 Å². The highest BCUT2D eigenvalue weighted by atomic mass is 35.5. The van der Waals surface area contributed by atoms with Crippen LogP contribution in [0.5, 0.6) is 0 Å². The van der Waals surface area contributed by atoms with Crippen LogP contribution in [0.1, 0.15) is 33.5 Å². The number of amides is 2. The topological polar surface area (TPSA) is 108 Å². The summed E-state index contributed by atoms with van der Waals surface area (Å²) >= 11 is 6.26. The van der Waals surface area contributed by atoms with Crippen molar-refractivity contribution in [1.29, 1.82) is 0 Å². The second-order valence-electron chi connectivity index (χ2n) is 6.74. The van der Waals surface area contributed by atoms with Gasteiger partial charge in [0.15, 0.2) is 0 Å². The molecule has 0 spiro atoms. The van der Waals surface area contributed by atoms with Crippen molar-refractivity contribution in [2.24, 2.45) is 0 Å². The number of hydrogen-bond donors (Lipinski definition) is 4. The Morgan fingerprint density at radius 2 is 2.00 bits per heavy atom. The fraction of sp³-hybridized carbons (Fsp3) is 0.227. The van der Waals surface area contributed by atoms with Gasteiger partial charge in [-0.25, -0.2) is 4.79 Å². The van der Waals surface area contributed by atoms with Gasteiger partial charge < -0.3 is 21.1 Å². The van der Waals surface area contributed by atoms with E-state index in [9.17, 15) is 19.5 Å². The molecule has 1 atom stereocenters. The van der Waals surface area contributed by atoms with Gasteiger partial charge in [-0.3, -0.25) is 9.59 Å². The number of benzene rings is 2. The van der Waals surface area contributed by atoms with Crippen LogP contribution >= 0.6 is 11.6 Å². The minimum absolute atomic E-state index is 0.0508. The van der Waals surface area contributed by atoms with E-state index >= 15 is 0 Å². The van der Waals surface area contributed by atoms with E-state index in [1.807, 2.05) is 25.1 Å². The molecule has 2 aromatic carbocycles. The molecule has 0 aliphatic rings. The molecule has 0 aliphatic heterocycles. The zero-order valence-electron chi connectivity index (χ0n) is 16.6. The number of aryl methyl sites for hydroxylation is 1. The van der Waals surface area contributed by atoms with Crippen LogP contribution in [-0.4, -0.2) is 36.0 Å². The summed E-state index contributed by atoms with van der Waals surface area (Å²) in [5, 5.41) is 17.4. The summed E-state index contributed by atoms with van der Waals surface area (Å²) in [7, 11) is 0. The number of aliphatic carboxylic acids is 1. The molecule has 0 heterocycles. The van der Waals surface area contributed by atoms with Gasteiger partial charge in [-0.1, -0.05) is 54.1 Å². The van der Waals surface area contributed by atoms with Crippen molar-refractivity contribution in [2.75, 3.05) is 6.54 Å². The molecule has 0 fully saturated rings. The van der Waals surface area contributed by atoms with E-state index in [4.69, 9.17) is 11.6 Å². The zero-order valence-corrected chi connectivity index (χ0v) is 17.3. The van der Waals surface area contributed by atoms with Crippen molar-refractivity contribution in [1.82, 2.24) is 16.0 Å². The Bertz CT molecular complexity index is 946. The molecule has 0 saturated heterocycles. The average molecular weight is 430 g/mol. The molecule has 2 amide bonds. The SMILES string of the molecule is C=C(NCc1cccc(C)c1)c1ccc(C(=O)N[C@@H](CCNC=O)C(=O)O)c(Cl)c1. The van der Waals surface area contributed by atoms with Crippen LogP contribution in [0.2, 0.25) is 5.02 Å². The number of halogens is 1. The molecule has 0 aromatic heterocycles. The van der Waals surface area contributed by atoms with E-state index in [0.29, 0.717) is 24.2 Å². The highest BCUT2D eigenvalue weighted by Crippen LogP contribution is 2.21. The normalized spacial score (nSPS) is 11.3. The van der Waals surface area contributed by atoms with E-state index in [2.05, 4.69) is 28.6 Å². The van der Waals surface area contributed by atoms with Gasteiger partial charge in [0, 0.05) is 18.8 Å². The lowest BCUT2D eigenvalue weighted by Crippen LogP contribution is -2.42. The molecular weight excluding hydrogens is 406 g/mol. The van der Waals surface area contributed by atoms with E-state index in [1.165, 1.54) is 11.6 Å². The van der Waals surface area contributed by atoms with Crippen LogP contribution in [0.3, 0.4) is 0 Å². The Hall–Kier alpha value is -3.32. The highest BCUT2D eigenvalue weighted by Gasteiger charge is 2.21. The summed E-state index contributed by atoms with van der Waals surface area (Å²) in [6.45, 7) is 6.75. The lowest BCUT2D eigenvalue weighted by atomic mass is 10.1. The Kier molecular flexibility index (Phi) is 8.43. The van der Waals surface area contributed by atoms with Gasteiger partial charge in [0.2, 0.25) is 6.41 Å². The number of nitrogens with one attached hydrogen (secondary N) is 3. The van der Waals surface area contributed by atoms with Crippen molar-refractivity contribution in [3.63, 3.8) is 0 Å². The Morgan fingerprint density at radius 3 is 2.63 bits per heavy atom. The first-order valence-corrected chi connectivity index (χ1v) is 9.68. The molecule has 8 heteroatoms. The van der Waals surface area contributed by atoms with E-state index < -0.39 is 17.9 Å². The maximum absolute atomic E-state index is 12.4. The van der Waals surface area contributed by atoms with Crippen molar-refractivity contribution >= 4 is 35.6 Å². The minimum atomic E-state index is -1.20. The predicted octanol–water partition coefficient (Wildman–Crippen LogP) is 2.73. The first kappa shape index (κ1) is 23.0. The maximum atomic E-state index is 12.4. The molecular formula is C22H24ClN3O4. The van der Waals surface area contributed by atoms with Gasteiger partial charge in [-0.05, 0) is 36.6 Å². The number of rotatable bonds is 11. The average Bonchev–Trinajstić information content (AvgIpc) is 2.71. The number of carboxylic acids is 1. The van der Waals surface area contributed by atoms with Crippen LogP contribution in [0.25, 0.3) is 5.70 Å². The third-order valence-electron chi connectivity index (χ3n) is 4.41. The number of hydrogen-bond acceptors (Lipinski definition) is 4. The molecule has 30 heavy (non-hydrogen) atoms. The van der Waals surface area contributed by atoms with Crippen molar-refractivity contribution < 1.29 is 19.5 Å². The monoisotopic (exact) mass is 429 g/mol. The van der Waals surface area contributed by atoms with Crippen LogP contribution < -0.4 is 16.0 Å². The van der Waals surface area contributed by atoms with Gasteiger partial charge in [0.1, 0.15) is 6.04 Å². The predicted molar refractivity (Wildman–Crippen MR) is 116 cm³/mol. The number of carbonyl (C=O) groups excluding carboxylic acids is 2. The number of carboxylic acid groups (broad SMARTS) is 1. The summed E-state index contributed by atoms with van der Waals surface area (Å²) in [5.41, 5.74) is 3.80. The lowest BCUT2D eigenvalue weighted by Gasteiger charge is -2.16. The second kappa shape index (κ2) is 11.0. The van der Waals surface area contributed by atoms with Crippen molar-refractivity contribution in [3.05, 3.63) is 76.3 Å². The molecule has 0 unspecified atom stereocenters. The van der Waals surface area contributed by atoms with Crippen molar-refractivity contribution in [3.8, 4) is 0 Å². The molecule has 2 rings (SSSR count). The molecule has 2 aromatic rings. The molecule has 158 valence electrons. The molecule has 0 radical (unpaired) electrons. The molecule has 0 bridgehead atoms. The minimum Gasteiger partial charge on any atom is -0.480 e. The van der Waals surface area contributed by atoms with Gasteiger partial charge in [-0.15, -0.1) is 0 Å². The summed E-state index contributed by atoms with van der Waals surface area (Å²) in [6, 6.07) is 11.8. The highest BCUT2D eigenvalue weighted by molar-refractivity contribution is 6.34. The van der Waals surface area contributed by atoms with E-state index in [0.717, 1.165) is 5.56 Å². The van der Waals surface area contributed by atoms with Gasteiger partial charge in [0.25, 0.3) is 5.91 Å².